The molecule has 0 radical (unpaired) electrons. The molecule has 1 aliphatic heterocycles. The Kier molecular flexibility index (Phi) is 4.87. The number of halogens is 2. The van der Waals surface area contributed by atoms with Crippen LogP contribution in [0.25, 0.3) is 6.08 Å². The summed E-state index contributed by atoms with van der Waals surface area (Å²) in [6.45, 7) is 0.830. The Morgan fingerprint density at radius 2 is 2.08 bits per heavy atom. The van der Waals surface area contributed by atoms with Gasteiger partial charge < -0.3 is 14.8 Å². The highest BCUT2D eigenvalue weighted by Crippen LogP contribution is 2.34. The lowest BCUT2D eigenvalue weighted by atomic mass is 10.1. The van der Waals surface area contributed by atoms with Crippen LogP contribution in [0.5, 0.6) is 11.5 Å². The summed E-state index contributed by atoms with van der Waals surface area (Å²) in [6.07, 6.45) is 1.41. The van der Waals surface area contributed by atoms with Crippen LogP contribution in [0.15, 0.2) is 42.0 Å². The largest absolute Gasteiger partial charge is 0.486 e. The van der Waals surface area contributed by atoms with Crippen molar-refractivity contribution in [3.63, 3.8) is 0 Å². The average Bonchev–Trinajstić information content (AvgIpc) is 2.62. The molecule has 0 bridgehead atoms. The first kappa shape index (κ1) is 16.8. The Labute approximate surface area is 148 Å². The molecule has 1 aliphatic rings. The van der Waals surface area contributed by atoms with Crippen molar-refractivity contribution in [3.05, 3.63) is 58.4 Å². The quantitative estimate of drug-likeness (QED) is 0.669. The molecule has 0 fully saturated rings. The fourth-order valence-corrected chi connectivity index (χ4v) is 2.47. The fraction of sp³-hybridized carbons (Fsp3) is 0.111. The summed E-state index contributed by atoms with van der Waals surface area (Å²) in [5, 5.41) is 11.7. The third kappa shape index (κ3) is 3.73. The standard InChI is InChI=1S/C18H12ClFN2O3/c19-14-9-13(4-5-15(14)20)22-18(23)12(10-21)8-11-2-1-3-16-17(11)25-7-6-24-16/h1-5,8-9H,6-7H2,(H,22,23)/b12-8-. The highest BCUT2D eigenvalue weighted by Gasteiger charge is 2.17. The van der Waals surface area contributed by atoms with Gasteiger partial charge in [-0.1, -0.05) is 23.7 Å². The van der Waals surface area contributed by atoms with Crippen LogP contribution in [-0.4, -0.2) is 19.1 Å². The number of nitriles is 1. The van der Waals surface area contributed by atoms with Gasteiger partial charge in [0.05, 0.1) is 5.02 Å². The van der Waals surface area contributed by atoms with E-state index in [1.807, 2.05) is 6.07 Å². The highest BCUT2D eigenvalue weighted by atomic mass is 35.5. The second-order valence-electron chi connectivity index (χ2n) is 5.12. The van der Waals surface area contributed by atoms with Crippen molar-refractivity contribution < 1.29 is 18.7 Å². The number of amides is 1. The van der Waals surface area contributed by atoms with Crippen molar-refractivity contribution >= 4 is 29.3 Å². The van der Waals surface area contributed by atoms with E-state index in [9.17, 15) is 14.4 Å². The number of ether oxygens (including phenoxy) is 2. The second-order valence-corrected chi connectivity index (χ2v) is 5.53. The normalized spacial score (nSPS) is 13.1. The maximum Gasteiger partial charge on any atom is 0.266 e. The molecule has 0 unspecified atom stereocenters. The number of rotatable bonds is 3. The minimum absolute atomic E-state index is 0.122. The van der Waals surface area contributed by atoms with Gasteiger partial charge in [0.25, 0.3) is 5.91 Å². The number of fused-ring (bicyclic) bond motifs is 1. The van der Waals surface area contributed by atoms with E-state index < -0.39 is 11.7 Å². The number of carbonyl (C=O) groups excluding carboxylic acids is 1. The molecule has 0 saturated carbocycles. The minimum atomic E-state index is -0.639. The Balaban J connectivity index is 1.87. The molecule has 3 rings (SSSR count). The van der Waals surface area contributed by atoms with Crippen molar-refractivity contribution in [3.8, 4) is 17.6 Å². The molecular weight excluding hydrogens is 347 g/mol. The lowest BCUT2D eigenvalue weighted by Crippen LogP contribution is -2.16. The summed E-state index contributed by atoms with van der Waals surface area (Å²) >= 11 is 5.68. The summed E-state index contributed by atoms with van der Waals surface area (Å²) in [7, 11) is 0. The highest BCUT2D eigenvalue weighted by molar-refractivity contribution is 6.31. The van der Waals surface area contributed by atoms with Crippen molar-refractivity contribution in [2.75, 3.05) is 18.5 Å². The van der Waals surface area contributed by atoms with Gasteiger partial charge in [-0.25, -0.2) is 4.39 Å². The van der Waals surface area contributed by atoms with Crippen LogP contribution in [0.4, 0.5) is 10.1 Å². The Hall–Kier alpha value is -3.04. The lowest BCUT2D eigenvalue weighted by molar-refractivity contribution is -0.112. The van der Waals surface area contributed by atoms with Gasteiger partial charge in [0, 0.05) is 11.3 Å². The van der Waals surface area contributed by atoms with Crippen LogP contribution in [0.3, 0.4) is 0 Å². The van der Waals surface area contributed by atoms with Gasteiger partial charge in [0.1, 0.15) is 30.7 Å². The maximum atomic E-state index is 13.2. The molecule has 1 N–H and O–H groups in total. The van der Waals surface area contributed by atoms with E-state index in [1.165, 1.54) is 18.2 Å². The van der Waals surface area contributed by atoms with Crippen LogP contribution in [0.1, 0.15) is 5.56 Å². The fourth-order valence-electron chi connectivity index (χ4n) is 2.29. The topological polar surface area (TPSA) is 71.3 Å². The van der Waals surface area contributed by atoms with Gasteiger partial charge in [-0.05, 0) is 30.3 Å². The predicted octanol–water partition coefficient (Wildman–Crippen LogP) is 3.80. The van der Waals surface area contributed by atoms with Gasteiger partial charge in [-0.2, -0.15) is 5.26 Å². The van der Waals surface area contributed by atoms with E-state index in [1.54, 1.807) is 18.2 Å². The van der Waals surface area contributed by atoms with E-state index in [0.717, 1.165) is 6.07 Å². The Morgan fingerprint density at radius 1 is 1.28 bits per heavy atom. The summed E-state index contributed by atoms with van der Waals surface area (Å²) in [6, 6.07) is 10.8. The molecule has 0 atom stereocenters. The van der Waals surface area contributed by atoms with Crippen molar-refractivity contribution in [2.45, 2.75) is 0 Å². The lowest BCUT2D eigenvalue weighted by Gasteiger charge is -2.19. The molecule has 25 heavy (non-hydrogen) atoms. The van der Waals surface area contributed by atoms with E-state index in [0.29, 0.717) is 30.3 Å². The van der Waals surface area contributed by atoms with Gasteiger partial charge in [-0.3, -0.25) is 4.79 Å². The first-order valence-electron chi connectivity index (χ1n) is 7.35. The third-order valence-corrected chi connectivity index (χ3v) is 3.73. The van der Waals surface area contributed by atoms with Crippen molar-refractivity contribution in [1.82, 2.24) is 0 Å². The van der Waals surface area contributed by atoms with Crippen LogP contribution in [-0.2, 0) is 4.79 Å². The molecule has 7 heteroatoms. The number of carbonyl (C=O) groups is 1. The van der Waals surface area contributed by atoms with Crippen molar-refractivity contribution in [2.24, 2.45) is 0 Å². The molecule has 0 aliphatic carbocycles. The molecule has 0 saturated heterocycles. The van der Waals surface area contributed by atoms with Crippen LogP contribution in [0, 0.1) is 17.1 Å². The number of para-hydroxylation sites is 1. The maximum absolute atomic E-state index is 13.2. The zero-order valence-electron chi connectivity index (χ0n) is 12.9. The number of hydrogen-bond donors (Lipinski definition) is 1. The van der Waals surface area contributed by atoms with E-state index >= 15 is 0 Å². The molecule has 0 spiro atoms. The number of hydrogen-bond acceptors (Lipinski definition) is 4. The number of anilines is 1. The van der Waals surface area contributed by atoms with Crippen LogP contribution >= 0.6 is 11.6 Å². The predicted molar refractivity (Wildman–Crippen MR) is 91.1 cm³/mol. The zero-order valence-corrected chi connectivity index (χ0v) is 13.6. The van der Waals surface area contributed by atoms with Gasteiger partial charge in [-0.15, -0.1) is 0 Å². The molecule has 1 heterocycles. The second kappa shape index (κ2) is 7.24. The number of nitrogens with one attached hydrogen (secondary N) is 1. The van der Waals surface area contributed by atoms with E-state index in [-0.39, 0.29) is 16.3 Å². The molecule has 2 aromatic carbocycles. The SMILES string of the molecule is N#C/C(=C/c1cccc2c1OCCO2)C(=O)Nc1ccc(F)c(Cl)c1. The van der Waals surface area contributed by atoms with E-state index in [2.05, 4.69) is 5.32 Å². The summed E-state index contributed by atoms with van der Waals surface area (Å²) < 4.78 is 24.2. The molecule has 2 aromatic rings. The molecule has 126 valence electrons. The van der Waals surface area contributed by atoms with Gasteiger partial charge in [0.2, 0.25) is 0 Å². The van der Waals surface area contributed by atoms with Crippen LogP contribution in [0.2, 0.25) is 5.02 Å². The number of nitrogens with zero attached hydrogens (tertiary/aromatic N) is 1. The number of benzene rings is 2. The molecule has 1 amide bonds. The third-order valence-electron chi connectivity index (χ3n) is 3.44. The monoisotopic (exact) mass is 358 g/mol. The van der Waals surface area contributed by atoms with Crippen LogP contribution < -0.4 is 14.8 Å². The zero-order chi connectivity index (χ0) is 17.8. The first-order valence-corrected chi connectivity index (χ1v) is 7.73. The minimum Gasteiger partial charge on any atom is -0.486 e. The smallest absolute Gasteiger partial charge is 0.266 e. The first-order chi connectivity index (χ1) is 12.1. The summed E-state index contributed by atoms with van der Waals surface area (Å²) in [5.41, 5.74) is 0.705. The average molecular weight is 359 g/mol. The van der Waals surface area contributed by atoms with E-state index in [4.69, 9.17) is 21.1 Å². The summed E-state index contributed by atoms with van der Waals surface area (Å²) in [5.74, 6) is -0.189. The molecule has 5 nitrogen and oxygen atoms in total. The van der Waals surface area contributed by atoms with Gasteiger partial charge in [0.15, 0.2) is 11.5 Å². The molecular formula is C18H12ClFN2O3. The molecule has 0 aromatic heterocycles. The Morgan fingerprint density at radius 3 is 2.84 bits per heavy atom. The van der Waals surface area contributed by atoms with Gasteiger partial charge >= 0.3 is 0 Å². The Bertz CT molecular complexity index is 906. The van der Waals surface area contributed by atoms with Crippen molar-refractivity contribution in [1.29, 1.82) is 5.26 Å². The summed E-state index contributed by atoms with van der Waals surface area (Å²) in [4.78, 5) is 12.3.